The van der Waals surface area contributed by atoms with E-state index in [-0.39, 0.29) is 5.75 Å². The van der Waals surface area contributed by atoms with Crippen molar-refractivity contribution < 1.29 is 14.6 Å². The summed E-state index contributed by atoms with van der Waals surface area (Å²) in [6.07, 6.45) is 0. The van der Waals surface area contributed by atoms with Crippen LogP contribution < -0.4 is 9.47 Å². The molecule has 0 amide bonds. The van der Waals surface area contributed by atoms with E-state index in [0.717, 1.165) is 5.56 Å². The highest BCUT2D eigenvalue weighted by Crippen LogP contribution is 2.32. The number of nitrogens with one attached hydrogen (secondary N) is 1. The molecule has 0 unspecified atom stereocenters. The molecule has 0 spiro atoms. The number of phenolic OH excluding ortho intramolecular Hbond substituents is 1. The van der Waals surface area contributed by atoms with Crippen LogP contribution in [0.4, 0.5) is 0 Å². The van der Waals surface area contributed by atoms with Gasteiger partial charge in [0, 0.05) is 5.56 Å². The van der Waals surface area contributed by atoms with Crippen molar-refractivity contribution in [3.05, 3.63) is 42.5 Å². The molecule has 112 valence electrons. The fourth-order valence-corrected chi connectivity index (χ4v) is 2.16. The van der Waals surface area contributed by atoms with Crippen LogP contribution in [0.1, 0.15) is 0 Å². The molecular formula is C16H15N3O3. The van der Waals surface area contributed by atoms with E-state index in [4.69, 9.17) is 9.47 Å². The Morgan fingerprint density at radius 3 is 2.50 bits per heavy atom. The van der Waals surface area contributed by atoms with Crippen molar-refractivity contribution in [2.24, 2.45) is 0 Å². The lowest BCUT2D eigenvalue weighted by Crippen LogP contribution is -1.91. The molecule has 0 radical (unpaired) electrons. The summed E-state index contributed by atoms with van der Waals surface area (Å²) in [4.78, 5) is 4.42. The molecule has 6 nitrogen and oxygen atoms in total. The topological polar surface area (TPSA) is 80.3 Å². The number of aromatic hydroxyl groups is 1. The quantitative estimate of drug-likeness (QED) is 0.774. The van der Waals surface area contributed by atoms with Crippen molar-refractivity contribution in [1.29, 1.82) is 0 Å². The Morgan fingerprint density at radius 1 is 1.00 bits per heavy atom. The van der Waals surface area contributed by atoms with E-state index in [1.165, 1.54) is 0 Å². The van der Waals surface area contributed by atoms with E-state index in [1.807, 2.05) is 12.1 Å². The Balaban J connectivity index is 1.99. The van der Waals surface area contributed by atoms with Crippen LogP contribution in [0.3, 0.4) is 0 Å². The van der Waals surface area contributed by atoms with Gasteiger partial charge in [0.2, 0.25) is 0 Å². The molecule has 3 aromatic rings. The SMILES string of the molecule is COc1ccc(-c2n[nH]c(-c3ccccc3O)n2)cc1OC. The van der Waals surface area contributed by atoms with Crippen LogP contribution in [0.15, 0.2) is 42.5 Å². The highest BCUT2D eigenvalue weighted by Gasteiger charge is 2.12. The van der Waals surface area contributed by atoms with Crippen molar-refractivity contribution in [3.63, 3.8) is 0 Å². The second-order valence-electron chi connectivity index (χ2n) is 4.59. The lowest BCUT2D eigenvalue weighted by molar-refractivity contribution is 0.355. The minimum absolute atomic E-state index is 0.150. The Morgan fingerprint density at radius 2 is 1.77 bits per heavy atom. The van der Waals surface area contributed by atoms with Crippen LogP contribution in [0.25, 0.3) is 22.8 Å². The summed E-state index contributed by atoms with van der Waals surface area (Å²) in [5, 5.41) is 16.9. The molecule has 0 aliphatic carbocycles. The van der Waals surface area contributed by atoms with Gasteiger partial charge in [0.15, 0.2) is 23.1 Å². The Labute approximate surface area is 127 Å². The van der Waals surface area contributed by atoms with Crippen molar-refractivity contribution >= 4 is 0 Å². The molecule has 3 rings (SSSR count). The first-order valence-electron chi connectivity index (χ1n) is 6.66. The van der Waals surface area contributed by atoms with Crippen molar-refractivity contribution in [1.82, 2.24) is 15.2 Å². The molecule has 0 fully saturated rings. The first kappa shape index (κ1) is 13.9. The number of aromatic amines is 1. The molecule has 1 heterocycles. The number of para-hydroxylation sites is 1. The molecule has 2 N–H and O–H groups in total. The molecule has 0 saturated heterocycles. The minimum Gasteiger partial charge on any atom is -0.507 e. The molecule has 6 heteroatoms. The zero-order chi connectivity index (χ0) is 15.5. The van der Waals surface area contributed by atoms with Gasteiger partial charge in [-0.25, -0.2) is 4.98 Å². The van der Waals surface area contributed by atoms with Crippen LogP contribution >= 0.6 is 0 Å². The summed E-state index contributed by atoms with van der Waals surface area (Å²) in [5.74, 6) is 2.41. The van der Waals surface area contributed by atoms with Gasteiger partial charge >= 0.3 is 0 Å². The molecule has 2 aromatic carbocycles. The van der Waals surface area contributed by atoms with E-state index in [2.05, 4.69) is 15.2 Å². The smallest absolute Gasteiger partial charge is 0.181 e. The maximum atomic E-state index is 9.87. The maximum Gasteiger partial charge on any atom is 0.181 e. The number of aromatic nitrogens is 3. The molecule has 22 heavy (non-hydrogen) atoms. The molecule has 0 aliphatic rings. The number of hydrogen-bond donors (Lipinski definition) is 2. The van der Waals surface area contributed by atoms with E-state index in [9.17, 15) is 5.11 Å². The Kier molecular flexibility index (Phi) is 3.65. The third-order valence-corrected chi connectivity index (χ3v) is 3.29. The summed E-state index contributed by atoms with van der Waals surface area (Å²) in [6.45, 7) is 0. The van der Waals surface area contributed by atoms with Gasteiger partial charge < -0.3 is 14.6 Å². The molecule has 0 aliphatic heterocycles. The third-order valence-electron chi connectivity index (χ3n) is 3.29. The first-order chi connectivity index (χ1) is 10.7. The van der Waals surface area contributed by atoms with Crippen molar-refractivity contribution in [3.8, 4) is 40.0 Å². The van der Waals surface area contributed by atoms with Crippen LogP contribution in [0, 0.1) is 0 Å². The predicted molar refractivity (Wildman–Crippen MR) is 82.0 cm³/mol. The lowest BCUT2D eigenvalue weighted by Gasteiger charge is -2.07. The highest BCUT2D eigenvalue weighted by atomic mass is 16.5. The van der Waals surface area contributed by atoms with Gasteiger partial charge in [0.1, 0.15) is 5.75 Å². The van der Waals surface area contributed by atoms with E-state index < -0.39 is 0 Å². The van der Waals surface area contributed by atoms with Gasteiger partial charge in [-0.3, -0.25) is 5.10 Å². The lowest BCUT2D eigenvalue weighted by atomic mass is 10.2. The number of hydrogen-bond acceptors (Lipinski definition) is 5. The first-order valence-corrected chi connectivity index (χ1v) is 6.66. The fraction of sp³-hybridized carbons (Fsp3) is 0.125. The number of rotatable bonds is 4. The molecule has 1 aromatic heterocycles. The molecule has 0 saturated carbocycles. The summed E-state index contributed by atoms with van der Waals surface area (Å²) in [7, 11) is 3.16. The van der Waals surface area contributed by atoms with E-state index in [0.29, 0.717) is 28.7 Å². The van der Waals surface area contributed by atoms with Gasteiger partial charge in [0.25, 0.3) is 0 Å². The highest BCUT2D eigenvalue weighted by molar-refractivity contribution is 5.67. The van der Waals surface area contributed by atoms with Crippen LogP contribution in [-0.4, -0.2) is 34.5 Å². The largest absolute Gasteiger partial charge is 0.507 e. The summed E-state index contributed by atoms with van der Waals surface area (Å²) >= 11 is 0. The zero-order valence-corrected chi connectivity index (χ0v) is 12.2. The summed E-state index contributed by atoms with van der Waals surface area (Å²) in [6, 6.07) is 12.4. The average Bonchev–Trinajstić information content (AvgIpc) is 3.04. The van der Waals surface area contributed by atoms with Gasteiger partial charge in [0.05, 0.1) is 19.8 Å². The van der Waals surface area contributed by atoms with Gasteiger partial charge in [-0.1, -0.05) is 12.1 Å². The Bertz CT molecular complexity index is 799. The molecule has 0 atom stereocenters. The summed E-state index contributed by atoms with van der Waals surface area (Å²) < 4.78 is 10.5. The standard InChI is InChI=1S/C16H15N3O3/c1-21-13-8-7-10(9-14(13)22-2)15-17-16(19-18-15)11-5-3-4-6-12(11)20/h3-9,20H,1-2H3,(H,17,18,19). The van der Waals surface area contributed by atoms with Crippen molar-refractivity contribution in [2.45, 2.75) is 0 Å². The number of ether oxygens (including phenoxy) is 2. The number of methoxy groups -OCH3 is 2. The van der Waals surface area contributed by atoms with E-state index in [1.54, 1.807) is 44.6 Å². The number of phenols is 1. The normalized spacial score (nSPS) is 10.5. The van der Waals surface area contributed by atoms with Gasteiger partial charge in [-0.15, -0.1) is 0 Å². The van der Waals surface area contributed by atoms with E-state index >= 15 is 0 Å². The second-order valence-corrected chi connectivity index (χ2v) is 4.59. The summed E-state index contributed by atoms with van der Waals surface area (Å²) in [5.41, 5.74) is 1.39. The zero-order valence-electron chi connectivity index (χ0n) is 12.2. The monoisotopic (exact) mass is 297 g/mol. The minimum atomic E-state index is 0.150. The van der Waals surface area contributed by atoms with Gasteiger partial charge in [-0.2, -0.15) is 5.10 Å². The molecule has 0 bridgehead atoms. The van der Waals surface area contributed by atoms with Crippen molar-refractivity contribution in [2.75, 3.05) is 14.2 Å². The third kappa shape index (κ3) is 2.46. The fourth-order valence-electron chi connectivity index (χ4n) is 2.16. The van der Waals surface area contributed by atoms with Crippen LogP contribution in [0.2, 0.25) is 0 Å². The number of benzene rings is 2. The van der Waals surface area contributed by atoms with Crippen LogP contribution in [0.5, 0.6) is 17.2 Å². The predicted octanol–water partition coefficient (Wildman–Crippen LogP) is 2.86. The number of H-pyrrole nitrogens is 1. The maximum absolute atomic E-state index is 9.87. The second kappa shape index (κ2) is 5.77. The average molecular weight is 297 g/mol. The van der Waals surface area contributed by atoms with Crippen LogP contribution in [-0.2, 0) is 0 Å². The molecular weight excluding hydrogens is 282 g/mol. The number of nitrogens with zero attached hydrogens (tertiary/aromatic N) is 2. The Hall–Kier alpha value is -3.02. The van der Waals surface area contributed by atoms with Gasteiger partial charge in [-0.05, 0) is 30.3 Å².